The van der Waals surface area contributed by atoms with Crippen LogP contribution in [0.5, 0.6) is 5.75 Å². The summed E-state index contributed by atoms with van der Waals surface area (Å²) >= 11 is 0. The van der Waals surface area contributed by atoms with Crippen molar-refractivity contribution in [2.24, 2.45) is 0 Å². The summed E-state index contributed by atoms with van der Waals surface area (Å²) in [6, 6.07) is 7.78. The van der Waals surface area contributed by atoms with Crippen LogP contribution in [0, 0.1) is 0 Å². The third-order valence-electron chi connectivity index (χ3n) is 4.82. The molecular formula is C17H21N5O3. The minimum atomic E-state index is -0.311. The van der Waals surface area contributed by atoms with Crippen molar-refractivity contribution in [1.82, 2.24) is 25.4 Å². The summed E-state index contributed by atoms with van der Waals surface area (Å²) < 4.78 is 5.73. The number of nitrogens with zero attached hydrogens (tertiary/aromatic N) is 2. The second-order valence-electron chi connectivity index (χ2n) is 6.62. The number of benzene rings is 1. The molecule has 0 spiro atoms. The van der Waals surface area contributed by atoms with Gasteiger partial charge in [0.25, 0.3) is 0 Å². The van der Waals surface area contributed by atoms with E-state index in [1.54, 1.807) is 4.90 Å². The molecule has 25 heavy (non-hydrogen) atoms. The Morgan fingerprint density at radius 3 is 3.08 bits per heavy atom. The SMILES string of the molecule is O=C(NC1COc2ccccc2C1)N1CCCC(c2n[nH]c(=O)[nH]2)C1. The number of hydrogen-bond donors (Lipinski definition) is 3. The predicted molar refractivity (Wildman–Crippen MR) is 90.7 cm³/mol. The highest BCUT2D eigenvalue weighted by Gasteiger charge is 2.29. The fourth-order valence-electron chi connectivity index (χ4n) is 3.55. The van der Waals surface area contributed by atoms with E-state index in [0.29, 0.717) is 25.5 Å². The third-order valence-corrected chi connectivity index (χ3v) is 4.82. The van der Waals surface area contributed by atoms with Gasteiger partial charge in [0.2, 0.25) is 0 Å². The van der Waals surface area contributed by atoms with E-state index in [2.05, 4.69) is 20.5 Å². The number of ether oxygens (including phenoxy) is 1. The molecule has 2 atom stereocenters. The van der Waals surface area contributed by atoms with Crippen LogP contribution in [0.4, 0.5) is 4.79 Å². The molecule has 2 aliphatic rings. The maximum absolute atomic E-state index is 12.6. The number of carbonyl (C=O) groups excluding carboxylic acids is 1. The first-order chi connectivity index (χ1) is 12.2. The van der Waals surface area contributed by atoms with Crippen LogP contribution in [0.2, 0.25) is 0 Å². The van der Waals surface area contributed by atoms with Gasteiger partial charge in [0.1, 0.15) is 18.2 Å². The van der Waals surface area contributed by atoms with Crippen LogP contribution in [0.3, 0.4) is 0 Å². The quantitative estimate of drug-likeness (QED) is 0.756. The lowest BCUT2D eigenvalue weighted by atomic mass is 9.97. The first-order valence-corrected chi connectivity index (χ1v) is 8.60. The number of nitrogens with one attached hydrogen (secondary N) is 3. The van der Waals surface area contributed by atoms with Crippen LogP contribution < -0.4 is 15.7 Å². The number of piperidine rings is 1. The third kappa shape index (κ3) is 3.38. The molecule has 2 aliphatic heterocycles. The van der Waals surface area contributed by atoms with Crippen molar-refractivity contribution in [3.05, 3.63) is 46.1 Å². The minimum absolute atomic E-state index is 0.0343. The van der Waals surface area contributed by atoms with Gasteiger partial charge in [0.15, 0.2) is 0 Å². The maximum Gasteiger partial charge on any atom is 0.340 e. The van der Waals surface area contributed by atoms with E-state index in [1.165, 1.54) is 0 Å². The van der Waals surface area contributed by atoms with E-state index in [-0.39, 0.29) is 23.7 Å². The average molecular weight is 343 g/mol. The molecule has 0 bridgehead atoms. The summed E-state index contributed by atoms with van der Waals surface area (Å²) in [6.45, 7) is 1.74. The minimum Gasteiger partial charge on any atom is -0.491 e. The van der Waals surface area contributed by atoms with Gasteiger partial charge < -0.3 is 15.0 Å². The Labute approximate surface area is 144 Å². The van der Waals surface area contributed by atoms with Crippen LogP contribution in [0.1, 0.15) is 30.1 Å². The summed E-state index contributed by atoms with van der Waals surface area (Å²) in [5, 5.41) is 9.46. The Morgan fingerprint density at radius 1 is 1.36 bits per heavy atom. The summed E-state index contributed by atoms with van der Waals surface area (Å²) in [6.07, 6.45) is 2.56. The number of amides is 2. The molecule has 132 valence electrons. The Bertz CT molecular complexity index is 814. The monoisotopic (exact) mass is 343 g/mol. The lowest BCUT2D eigenvalue weighted by Gasteiger charge is -2.34. The fraction of sp³-hybridized carbons (Fsp3) is 0.471. The number of para-hydroxylation sites is 1. The lowest BCUT2D eigenvalue weighted by Crippen LogP contribution is -2.51. The van der Waals surface area contributed by atoms with Crippen LogP contribution in [0.25, 0.3) is 0 Å². The number of likely N-dealkylation sites (tertiary alicyclic amines) is 1. The van der Waals surface area contributed by atoms with Crippen molar-refractivity contribution in [3.63, 3.8) is 0 Å². The number of hydrogen-bond acceptors (Lipinski definition) is 4. The van der Waals surface area contributed by atoms with Gasteiger partial charge in [-0.1, -0.05) is 18.2 Å². The second kappa shape index (κ2) is 6.62. The topological polar surface area (TPSA) is 103 Å². The van der Waals surface area contributed by atoms with Crippen molar-refractivity contribution in [2.75, 3.05) is 19.7 Å². The summed E-state index contributed by atoms with van der Waals surface area (Å²) in [4.78, 5) is 28.3. The van der Waals surface area contributed by atoms with Gasteiger partial charge in [-0.05, 0) is 30.9 Å². The second-order valence-corrected chi connectivity index (χ2v) is 6.62. The number of aromatic amines is 2. The van der Waals surface area contributed by atoms with E-state index in [0.717, 1.165) is 30.6 Å². The van der Waals surface area contributed by atoms with E-state index in [1.807, 2.05) is 24.3 Å². The molecule has 8 heteroatoms. The number of urea groups is 1. The smallest absolute Gasteiger partial charge is 0.340 e. The Hall–Kier alpha value is -2.77. The molecule has 4 rings (SSSR count). The van der Waals surface area contributed by atoms with E-state index in [4.69, 9.17) is 4.74 Å². The molecule has 0 aliphatic carbocycles. The first-order valence-electron chi connectivity index (χ1n) is 8.60. The van der Waals surface area contributed by atoms with Gasteiger partial charge in [-0.25, -0.2) is 14.7 Å². The van der Waals surface area contributed by atoms with E-state index >= 15 is 0 Å². The molecule has 1 aromatic carbocycles. The number of aromatic nitrogens is 3. The Kier molecular flexibility index (Phi) is 4.17. The van der Waals surface area contributed by atoms with Gasteiger partial charge in [-0.15, -0.1) is 0 Å². The first kappa shape index (κ1) is 15.7. The number of carbonyl (C=O) groups is 1. The van der Waals surface area contributed by atoms with Gasteiger partial charge in [-0.3, -0.25) is 4.98 Å². The van der Waals surface area contributed by atoms with Crippen LogP contribution in [0.15, 0.2) is 29.1 Å². The van der Waals surface area contributed by atoms with Gasteiger partial charge in [0, 0.05) is 19.0 Å². The molecular weight excluding hydrogens is 322 g/mol. The normalized spacial score (nSPS) is 22.8. The standard InChI is InChI=1S/C17H21N5O3/c23-16-19-15(20-21-16)12-5-3-7-22(9-12)17(24)18-13-8-11-4-1-2-6-14(11)25-10-13/h1-2,4,6,12-13H,3,5,7-10H2,(H,18,24)(H2,19,20,21,23). The van der Waals surface area contributed by atoms with Crippen LogP contribution >= 0.6 is 0 Å². The van der Waals surface area contributed by atoms with Crippen molar-refractivity contribution in [1.29, 1.82) is 0 Å². The molecule has 1 fully saturated rings. The zero-order chi connectivity index (χ0) is 17.2. The molecule has 3 heterocycles. The zero-order valence-electron chi connectivity index (χ0n) is 13.8. The molecule has 1 aromatic heterocycles. The van der Waals surface area contributed by atoms with Crippen molar-refractivity contribution in [3.8, 4) is 5.75 Å². The van der Waals surface area contributed by atoms with E-state index in [9.17, 15) is 9.59 Å². The number of H-pyrrole nitrogens is 2. The molecule has 2 aromatic rings. The van der Waals surface area contributed by atoms with Crippen molar-refractivity contribution in [2.45, 2.75) is 31.2 Å². The van der Waals surface area contributed by atoms with Crippen molar-refractivity contribution < 1.29 is 9.53 Å². The highest BCUT2D eigenvalue weighted by Crippen LogP contribution is 2.25. The van der Waals surface area contributed by atoms with Crippen molar-refractivity contribution >= 4 is 6.03 Å². The lowest BCUT2D eigenvalue weighted by molar-refractivity contribution is 0.165. The number of fused-ring (bicyclic) bond motifs is 1. The highest BCUT2D eigenvalue weighted by atomic mass is 16.5. The summed E-state index contributed by atoms with van der Waals surface area (Å²) in [5.74, 6) is 1.58. The van der Waals surface area contributed by atoms with Gasteiger partial charge in [-0.2, -0.15) is 5.10 Å². The molecule has 1 saturated heterocycles. The van der Waals surface area contributed by atoms with Gasteiger partial charge in [0.05, 0.1) is 6.04 Å². The molecule has 3 N–H and O–H groups in total. The zero-order valence-corrected chi connectivity index (χ0v) is 13.8. The van der Waals surface area contributed by atoms with Gasteiger partial charge >= 0.3 is 11.7 Å². The Morgan fingerprint density at radius 2 is 2.24 bits per heavy atom. The molecule has 0 saturated carbocycles. The summed E-state index contributed by atoms with van der Waals surface area (Å²) in [7, 11) is 0. The molecule has 0 radical (unpaired) electrons. The highest BCUT2D eigenvalue weighted by molar-refractivity contribution is 5.74. The van der Waals surface area contributed by atoms with Crippen LogP contribution in [-0.2, 0) is 6.42 Å². The average Bonchev–Trinajstić information content (AvgIpc) is 3.08. The van der Waals surface area contributed by atoms with Crippen LogP contribution in [-0.4, -0.2) is 51.9 Å². The summed E-state index contributed by atoms with van der Waals surface area (Å²) in [5.41, 5.74) is 0.805. The largest absolute Gasteiger partial charge is 0.491 e. The molecule has 8 nitrogen and oxygen atoms in total. The molecule has 2 amide bonds. The molecule has 2 unspecified atom stereocenters. The fourth-order valence-corrected chi connectivity index (χ4v) is 3.55. The number of rotatable bonds is 2. The predicted octanol–water partition coefficient (Wildman–Crippen LogP) is 0.991. The van der Waals surface area contributed by atoms with E-state index < -0.39 is 0 Å². The maximum atomic E-state index is 12.6. The Balaban J connectivity index is 1.37.